The van der Waals surface area contributed by atoms with Gasteiger partial charge in [-0.05, 0) is 88.3 Å². The van der Waals surface area contributed by atoms with Crippen molar-refractivity contribution in [1.29, 1.82) is 0 Å². The molecule has 3 heterocycles. The molecule has 0 spiro atoms. The monoisotopic (exact) mass is 481 g/mol. The molecule has 35 heavy (non-hydrogen) atoms. The number of hydrogen-bond acceptors (Lipinski definition) is 6. The Morgan fingerprint density at radius 2 is 1.49 bits per heavy atom. The van der Waals surface area contributed by atoms with Gasteiger partial charge in [0.05, 0.1) is 5.69 Å². The molecule has 5 rings (SSSR count). The van der Waals surface area contributed by atoms with Gasteiger partial charge in [0.25, 0.3) is 0 Å². The van der Waals surface area contributed by atoms with Crippen molar-refractivity contribution >= 4 is 17.3 Å². The molecule has 7 nitrogen and oxygen atoms in total. The number of rotatable bonds is 8. The smallest absolute Gasteiger partial charge is 0.246 e. The van der Waals surface area contributed by atoms with Crippen LogP contribution < -0.4 is 10.2 Å². The summed E-state index contributed by atoms with van der Waals surface area (Å²) in [5.41, 5.74) is 3.49. The third kappa shape index (κ3) is 6.15. The lowest BCUT2D eigenvalue weighted by atomic mass is 10.1. The summed E-state index contributed by atoms with van der Waals surface area (Å²) >= 11 is 0. The molecule has 186 valence electrons. The first-order valence-corrected chi connectivity index (χ1v) is 12.5. The maximum Gasteiger partial charge on any atom is 0.246 e. The quantitative estimate of drug-likeness (QED) is 0.520. The van der Waals surface area contributed by atoms with Crippen LogP contribution in [0, 0.1) is 18.6 Å². The van der Waals surface area contributed by atoms with E-state index in [1.165, 1.54) is 74.3 Å². The average molecular weight is 482 g/mol. The highest BCUT2D eigenvalue weighted by molar-refractivity contribution is 5.64. The van der Waals surface area contributed by atoms with Crippen LogP contribution in [0.3, 0.4) is 0 Å². The zero-order valence-corrected chi connectivity index (χ0v) is 20.3. The van der Waals surface area contributed by atoms with Crippen LogP contribution in [0.25, 0.3) is 5.69 Å². The highest BCUT2D eigenvalue weighted by Gasteiger charge is 2.19. The van der Waals surface area contributed by atoms with Gasteiger partial charge in [0.15, 0.2) is 0 Å². The van der Waals surface area contributed by atoms with Crippen LogP contribution >= 0.6 is 0 Å². The van der Waals surface area contributed by atoms with Crippen molar-refractivity contribution in [3.63, 3.8) is 0 Å². The van der Waals surface area contributed by atoms with Gasteiger partial charge < -0.3 is 15.1 Å². The number of likely N-dealkylation sites (tertiary alicyclic amines) is 1. The number of anilines is 3. The Morgan fingerprint density at radius 3 is 2.20 bits per heavy atom. The first kappa shape index (κ1) is 23.7. The van der Waals surface area contributed by atoms with Crippen LogP contribution in [0.15, 0.2) is 42.7 Å². The Bertz CT molecular complexity index is 1110. The summed E-state index contributed by atoms with van der Waals surface area (Å²) < 4.78 is 28.5. The molecule has 0 aliphatic carbocycles. The standard InChI is InChI=1S/C26H33F2N7/c1-20-13-23(30-26-29-19-35(31-26)25-16-21(27)15-22(28)17-25)18-24(14-20)34-11-9-33(10-12-34)8-4-7-32-5-2-3-6-32/h13-19H,2-12H2,1H3,(H,30,31). The van der Waals surface area contributed by atoms with E-state index in [1.54, 1.807) is 0 Å². The first-order chi connectivity index (χ1) is 17.0. The van der Waals surface area contributed by atoms with Crippen LogP contribution in [-0.4, -0.2) is 76.9 Å². The number of hydrogen-bond donors (Lipinski definition) is 1. The number of aromatic nitrogens is 3. The molecule has 0 bridgehead atoms. The second-order valence-electron chi connectivity index (χ2n) is 9.55. The lowest BCUT2D eigenvalue weighted by Crippen LogP contribution is -2.47. The second-order valence-corrected chi connectivity index (χ2v) is 9.55. The van der Waals surface area contributed by atoms with Gasteiger partial charge in [0.1, 0.15) is 18.0 Å². The second kappa shape index (κ2) is 10.7. The zero-order valence-electron chi connectivity index (χ0n) is 20.3. The molecule has 0 saturated carbocycles. The predicted molar refractivity (Wildman–Crippen MR) is 135 cm³/mol. The van der Waals surface area contributed by atoms with E-state index < -0.39 is 11.6 Å². The molecule has 2 saturated heterocycles. The molecule has 2 fully saturated rings. The summed E-state index contributed by atoms with van der Waals surface area (Å²) in [4.78, 5) is 11.9. The van der Waals surface area contributed by atoms with Crippen molar-refractivity contribution in [2.45, 2.75) is 26.2 Å². The molecule has 9 heteroatoms. The van der Waals surface area contributed by atoms with E-state index in [0.29, 0.717) is 5.95 Å². The van der Waals surface area contributed by atoms with Gasteiger partial charge >= 0.3 is 0 Å². The summed E-state index contributed by atoms with van der Waals surface area (Å²) in [6, 6.07) is 9.63. The summed E-state index contributed by atoms with van der Waals surface area (Å²) in [5, 5.41) is 7.57. The van der Waals surface area contributed by atoms with Gasteiger partial charge in [-0.2, -0.15) is 4.98 Å². The molecule has 0 amide bonds. The lowest BCUT2D eigenvalue weighted by molar-refractivity contribution is 0.234. The molecule has 0 atom stereocenters. The Hall–Kier alpha value is -3.04. The highest BCUT2D eigenvalue weighted by atomic mass is 19.1. The number of benzene rings is 2. The van der Waals surface area contributed by atoms with Crippen LogP contribution in [0.1, 0.15) is 24.8 Å². The SMILES string of the molecule is Cc1cc(Nc2ncn(-c3cc(F)cc(F)c3)n2)cc(N2CCN(CCCN3CCCC3)CC2)c1. The Kier molecular flexibility index (Phi) is 7.24. The van der Waals surface area contributed by atoms with Gasteiger partial charge in [0.2, 0.25) is 5.95 Å². The summed E-state index contributed by atoms with van der Waals surface area (Å²) in [5.74, 6) is -0.936. The molecule has 3 aromatic rings. The molecule has 2 aliphatic heterocycles. The van der Waals surface area contributed by atoms with Gasteiger partial charge in [-0.25, -0.2) is 13.5 Å². The number of halogens is 2. The Labute approximate surface area is 205 Å². The molecule has 1 N–H and O–H groups in total. The number of piperazine rings is 1. The van der Waals surface area contributed by atoms with Crippen molar-refractivity contribution in [1.82, 2.24) is 24.6 Å². The minimum absolute atomic E-state index is 0.284. The Morgan fingerprint density at radius 1 is 0.800 bits per heavy atom. The van der Waals surface area contributed by atoms with Gasteiger partial charge in [0, 0.05) is 43.6 Å². The third-order valence-corrected chi connectivity index (χ3v) is 6.81. The summed E-state index contributed by atoms with van der Waals surface area (Å²) in [7, 11) is 0. The summed E-state index contributed by atoms with van der Waals surface area (Å²) in [6.07, 6.45) is 5.41. The van der Waals surface area contributed by atoms with E-state index in [-0.39, 0.29) is 5.69 Å². The molecule has 2 aromatic carbocycles. The first-order valence-electron chi connectivity index (χ1n) is 12.5. The average Bonchev–Trinajstić information content (AvgIpc) is 3.51. The van der Waals surface area contributed by atoms with E-state index in [4.69, 9.17) is 0 Å². The number of nitrogens with one attached hydrogen (secondary N) is 1. The van der Waals surface area contributed by atoms with E-state index in [9.17, 15) is 8.78 Å². The molecule has 1 aromatic heterocycles. The predicted octanol–water partition coefficient (Wildman–Crippen LogP) is 4.21. The van der Waals surface area contributed by atoms with Crippen LogP contribution in [0.5, 0.6) is 0 Å². The van der Waals surface area contributed by atoms with Crippen molar-refractivity contribution < 1.29 is 8.78 Å². The molecule has 0 unspecified atom stereocenters. The van der Waals surface area contributed by atoms with Gasteiger partial charge in [-0.15, -0.1) is 5.10 Å². The number of nitrogens with zero attached hydrogens (tertiary/aromatic N) is 6. The van der Waals surface area contributed by atoms with Gasteiger partial charge in [-0.1, -0.05) is 0 Å². The minimum Gasteiger partial charge on any atom is -0.369 e. The van der Waals surface area contributed by atoms with Crippen molar-refractivity contribution in [2.75, 3.05) is 62.6 Å². The van der Waals surface area contributed by atoms with Crippen LogP contribution in [0.2, 0.25) is 0 Å². The Balaban J connectivity index is 1.18. The van der Waals surface area contributed by atoms with Crippen LogP contribution in [-0.2, 0) is 0 Å². The van der Waals surface area contributed by atoms with Crippen molar-refractivity contribution in [3.05, 3.63) is 59.9 Å². The minimum atomic E-state index is -0.653. The normalized spacial score (nSPS) is 17.3. The van der Waals surface area contributed by atoms with E-state index >= 15 is 0 Å². The maximum absolute atomic E-state index is 13.6. The van der Waals surface area contributed by atoms with E-state index in [2.05, 4.69) is 49.2 Å². The van der Waals surface area contributed by atoms with Gasteiger partial charge in [-0.3, -0.25) is 4.90 Å². The van der Waals surface area contributed by atoms with Crippen molar-refractivity contribution in [3.8, 4) is 5.69 Å². The molecule has 2 aliphatic rings. The van der Waals surface area contributed by atoms with Crippen molar-refractivity contribution in [2.24, 2.45) is 0 Å². The lowest BCUT2D eigenvalue weighted by Gasteiger charge is -2.36. The fourth-order valence-electron chi connectivity index (χ4n) is 5.02. The number of aryl methyl sites for hydroxylation is 1. The molecular formula is C26H33F2N7. The van der Waals surface area contributed by atoms with Crippen LogP contribution in [0.4, 0.5) is 26.1 Å². The fraction of sp³-hybridized carbons (Fsp3) is 0.462. The highest BCUT2D eigenvalue weighted by Crippen LogP contribution is 2.25. The van der Waals surface area contributed by atoms with E-state index in [1.807, 2.05) is 6.07 Å². The molecular weight excluding hydrogens is 448 g/mol. The summed E-state index contributed by atoms with van der Waals surface area (Å²) in [6.45, 7) is 11.2. The maximum atomic E-state index is 13.6. The zero-order chi connectivity index (χ0) is 24.2. The van der Waals surface area contributed by atoms with E-state index in [0.717, 1.165) is 43.5 Å². The molecule has 0 radical (unpaired) electrons. The fourth-order valence-corrected chi connectivity index (χ4v) is 5.02. The largest absolute Gasteiger partial charge is 0.369 e. The topological polar surface area (TPSA) is 52.5 Å². The third-order valence-electron chi connectivity index (χ3n) is 6.81.